The Bertz CT molecular complexity index is 481. The first kappa shape index (κ1) is 13.1. The summed E-state index contributed by atoms with van der Waals surface area (Å²) in [6.45, 7) is 1.43. The van der Waals surface area contributed by atoms with Gasteiger partial charge in [0.05, 0.1) is 5.54 Å². The Morgan fingerprint density at radius 3 is 2.47 bits per heavy atom. The molecule has 4 heteroatoms. The molecule has 3 rings (SSSR count). The zero-order valence-electron chi connectivity index (χ0n) is 10.9. The van der Waals surface area contributed by atoms with Gasteiger partial charge in [0.1, 0.15) is 0 Å². The summed E-state index contributed by atoms with van der Waals surface area (Å²) in [5.41, 5.74) is 6.95. The van der Waals surface area contributed by atoms with Crippen LogP contribution >= 0.6 is 15.9 Å². The average Bonchev–Trinajstić information content (AvgIpc) is 2.72. The van der Waals surface area contributed by atoms with Crippen LogP contribution < -0.4 is 5.73 Å². The average molecular weight is 323 g/mol. The first-order valence-electron chi connectivity index (χ1n) is 6.92. The van der Waals surface area contributed by atoms with E-state index in [1.54, 1.807) is 0 Å². The highest BCUT2D eigenvalue weighted by Gasteiger charge is 2.49. The van der Waals surface area contributed by atoms with Gasteiger partial charge in [0.25, 0.3) is 0 Å². The van der Waals surface area contributed by atoms with Gasteiger partial charge < -0.3 is 10.6 Å². The number of benzene rings is 1. The monoisotopic (exact) mass is 322 g/mol. The molecule has 1 atom stereocenters. The van der Waals surface area contributed by atoms with E-state index in [-0.39, 0.29) is 11.4 Å². The van der Waals surface area contributed by atoms with Crippen LogP contribution in [0.5, 0.6) is 0 Å². The van der Waals surface area contributed by atoms with Crippen LogP contribution in [0.15, 0.2) is 28.7 Å². The van der Waals surface area contributed by atoms with Gasteiger partial charge in [-0.1, -0.05) is 28.1 Å². The third kappa shape index (κ3) is 2.11. The van der Waals surface area contributed by atoms with Gasteiger partial charge in [-0.25, -0.2) is 0 Å². The lowest BCUT2D eigenvalue weighted by molar-refractivity contribution is -0.137. The SMILES string of the molecule is NCC1CC(=O)N(C2(c3ccc(Br)cc3)CCC2)C1. The second-order valence-corrected chi connectivity index (χ2v) is 6.62. The standard InChI is InChI=1S/C15H19BrN2O/c16-13-4-2-12(3-5-13)15(6-1-7-15)18-10-11(9-17)8-14(18)19/h2-5,11H,1,6-10,17H2. The van der Waals surface area contributed by atoms with E-state index in [0.29, 0.717) is 18.9 Å². The number of halogens is 1. The zero-order valence-corrected chi connectivity index (χ0v) is 12.5. The summed E-state index contributed by atoms with van der Waals surface area (Å²) in [6, 6.07) is 8.42. The van der Waals surface area contributed by atoms with E-state index in [9.17, 15) is 4.79 Å². The number of nitrogens with zero attached hydrogens (tertiary/aromatic N) is 1. The highest BCUT2D eigenvalue weighted by molar-refractivity contribution is 9.10. The molecule has 0 spiro atoms. The lowest BCUT2D eigenvalue weighted by atomic mass is 9.70. The van der Waals surface area contributed by atoms with E-state index in [0.717, 1.165) is 23.9 Å². The van der Waals surface area contributed by atoms with E-state index >= 15 is 0 Å². The molecule has 2 aliphatic rings. The third-order valence-corrected chi connectivity index (χ3v) is 5.15. The molecule has 1 aliphatic carbocycles. The van der Waals surface area contributed by atoms with Crippen molar-refractivity contribution in [1.82, 2.24) is 4.90 Å². The fourth-order valence-electron chi connectivity index (χ4n) is 3.34. The Hall–Kier alpha value is -0.870. The highest BCUT2D eigenvalue weighted by atomic mass is 79.9. The van der Waals surface area contributed by atoms with Crippen LogP contribution in [-0.4, -0.2) is 23.9 Å². The lowest BCUT2D eigenvalue weighted by Gasteiger charge is -2.49. The maximum absolute atomic E-state index is 12.3. The van der Waals surface area contributed by atoms with E-state index in [2.05, 4.69) is 45.1 Å². The summed E-state index contributed by atoms with van der Waals surface area (Å²) in [4.78, 5) is 14.4. The highest BCUT2D eigenvalue weighted by Crippen LogP contribution is 2.48. The molecular weight excluding hydrogens is 304 g/mol. The molecule has 2 N–H and O–H groups in total. The van der Waals surface area contributed by atoms with Gasteiger partial charge in [-0.05, 0) is 49.4 Å². The number of hydrogen-bond donors (Lipinski definition) is 1. The molecule has 1 amide bonds. The summed E-state index contributed by atoms with van der Waals surface area (Å²) >= 11 is 3.47. The van der Waals surface area contributed by atoms with Crippen LogP contribution in [0, 0.1) is 5.92 Å². The van der Waals surface area contributed by atoms with Crippen LogP contribution in [0.1, 0.15) is 31.2 Å². The number of nitrogens with two attached hydrogens (primary N) is 1. The van der Waals surface area contributed by atoms with E-state index in [1.807, 2.05) is 0 Å². The number of likely N-dealkylation sites (tertiary alicyclic amines) is 1. The fraction of sp³-hybridized carbons (Fsp3) is 0.533. The van der Waals surface area contributed by atoms with Gasteiger partial charge in [-0.2, -0.15) is 0 Å². The van der Waals surface area contributed by atoms with Crippen LogP contribution in [-0.2, 0) is 10.3 Å². The molecule has 0 radical (unpaired) electrons. The number of rotatable bonds is 3. The van der Waals surface area contributed by atoms with Crippen molar-refractivity contribution in [2.24, 2.45) is 11.7 Å². The zero-order chi connectivity index (χ0) is 13.5. The van der Waals surface area contributed by atoms with Crippen LogP contribution in [0.2, 0.25) is 0 Å². The molecule has 1 unspecified atom stereocenters. The minimum absolute atomic E-state index is 0.0539. The molecule has 102 valence electrons. The molecule has 1 saturated carbocycles. The molecule has 0 bridgehead atoms. The largest absolute Gasteiger partial charge is 0.333 e. The van der Waals surface area contributed by atoms with Crippen molar-refractivity contribution in [3.63, 3.8) is 0 Å². The van der Waals surface area contributed by atoms with E-state index < -0.39 is 0 Å². The number of carbonyl (C=O) groups is 1. The van der Waals surface area contributed by atoms with Crippen molar-refractivity contribution in [2.45, 2.75) is 31.2 Å². The molecule has 1 heterocycles. The minimum Gasteiger partial charge on any atom is -0.333 e. The third-order valence-electron chi connectivity index (χ3n) is 4.62. The predicted octanol–water partition coefficient (Wildman–Crippen LogP) is 2.64. The van der Waals surface area contributed by atoms with Crippen molar-refractivity contribution in [3.8, 4) is 0 Å². The maximum atomic E-state index is 12.3. The normalized spacial score (nSPS) is 25.5. The van der Waals surface area contributed by atoms with Crippen molar-refractivity contribution >= 4 is 21.8 Å². The number of amides is 1. The summed E-state index contributed by atoms with van der Waals surface area (Å²) in [6.07, 6.45) is 3.98. The Morgan fingerprint density at radius 2 is 2.00 bits per heavy atom. The van der Waals surface area contributed by atoms with Crippen molar-refractivity contribution in [3.05, 3.63) is 34.3 Å². The van der Waals surface area contributed by atoms with Gasteiger partial charge in [-0.15, -0.1) is 0 Å². The van der Waals surface area contributed by atoms with Crippen molar-refractivity contribution in [1.29, 1.82) is 0 Å². The van der Waals surface area contributed by atoms with Gasteiger partial charge in [-0.3, -0.25) is 4.79 Å². The molecule has 3 nitrogen and oxygen atoms in total. The first-order chi connectivity index (χ1) is 9.15. The fourth-order valence-corrected chi connectivity index (χ4v) is 3.60. The van der Waals surface area contributed by atoms with Crippen LogP contribution in [0.4, 0.5) is 0 Å². The minimum atomic E-state index is -0.0539. The molecule has 1 aromatic carbocycles. The molecule has 1 aromatic rings. The van der Waals surface area contributed by atoms with E-state index in [1.165, 1.54) is 12.0 Å². The molecule has 1 aliphatic heterocycles. The van der Waals surface area contributed by atoms with Gasteiger partial charge in [0.15, 0.2) is 0 Å². The number of carbonyl (C=O) groups excluding carboxylic acids is 1. The summed E-state index contributed by atoms with van der Waals surface area (Å²) in [7, 11) is 0. The molecule has 19 heavy (non-hydrogen) atoms. The van der Waals surface area contributed by atoms with Crippen molar-refractivity contribution < 1.29 is 4.79 Å². The van der Waals surface area contributed by atoms with Gasteiger partial charge >= 0.3 is 0 Å². The molecule has 0 aromatic heterocycles. The quantitative estimate of drug-likeness (QED) is 0.929. The Balaban J connectivity index is 1.91. The topological polar surface area (TPSA) is 46.3 Å². The second-order valence-electron chi connectivity index (χ2n) is 5.70. The Morgan fingerprint density at radius 1 is 1.32 bits per heavy atom. The van der Waals surface area contributed by atoms with Crippen molar-refractivity contribution in [2.75, 3.05) is 13.1 Å². The van der Waals surface area contributed by atoms with E-state index in [4.69, 9.17) is 5.73 Å². The summed E-state index contributed by atoms with van der Waals surface area (Å²) in [5.74, 6) is 0.610. The smallest absolute Gasteiger partial charge is 0.223 e. The van der Waals surface area contributed by atoms with Gasteiger partial charge in [0.2, 0.25) is 5.91 Å². The molecule has 2 fully saturated rings. The Kier molecular flexibility index (Phi) is 3.39. The molecular formula is C15H19BrN2O. The Labute approximate surface area is 122 Å². The van der Waals surface area contributed by atoms with Gasteiger partial charge in [0, 0.05) is 17.4 Å². The second kappa shape index (κ2) is 4.91. The number of hydrogen-bond acceptors (Lipinski definition) is 2. The van der Waals surface area contributed by atoms with Crippen LogP contribution in [0.3, 0.4) is 0 Å². The summed E-state index contributed by atoms with van der Waals surface area (Å²) < 4.78 is 1.08. The maximum Gasteiger partial charge on any atom is 0.223 e. The predicted molar refractivity (Wildman–Crippen MR) is 78.5 cm³/mol. The molecule has 1 saturated heterocycles. The summed E-state index contributed by atoms with van der Waals surface area (Å²) in [5, 5.41) is 0. The first-order valence-corrected chi connectivity index (χ1v) is 7.71. The van der Waals surface area contributed by atoms with Crippen LogP contribution in [0.25, 0.3) is 0 Å². The lowest BCUT2D eigenvalue weighted by Crippen LogP contribution is -2.52.